The van der Waals surface area contributed by atoms with E-state index in [4.69, 9.17) is 4.42 Å². The molecule has 2 aliphatic rings. The Morgan fingerprint density at radius 1 is 0.525 bits per heavy atom. The maximum absolute atomic E-state index is 6.17. The molecule has 0 fully saturated rings. The van der Waals surface area contributed by atoms with E-state index in [1.807, 2.05) is 30.0 Å². The molecule has 1 aliphatic carbocycles. The lowest BCUT2D eigenvalue weighted by molar-refractivity contribution is 0.669. The summed E-state index contributed by atoms with van der Waals surface area (Å²) in [6, 6.07) is 48.2. The second-order valence-electron chi connectivity index (χ2n) is 10.6. The maximum Gasteiger partial charge on any atom is 0.137 e. The predicted octanol–water partition coefficient (Wildman–Crippen LogP) is 10.2. The Labute approximate surface area is 236 Å². The number of fused-ring (bicyclic) bond motifs is 12. The number of hydrogen-bond acceptors (Lipinski definition) is 3. The van der Waals surface area contributed by atoms with Crippen molar-refractivity contribution in [3.63, 3.8) is 0 Å². The highest BCUT2D eigenvalue weighted by molar-refractivity contribution is 7.99. The Bertz CT molecular complexity index is 2090. The molecule has 40 heavy (non-hydrogen) atoms. The van der Waals surface area contributed by atoms with Crippen LogP contribution in [0.1, 0.15) is 22.3 Å². The Morgan fingerprint density at radius 3 is 2.00 bits per heavy atom. The first-order valence-corrected chi connectivity index (χ1v) is 14.4. The van der Waals surface area contributed by atoms with Crippen molar-refractivity contribution in [3.05, 3.63) is 156 Å². The lowest BCUT2D eigenvalue weighted by Gasteiger charge is -2.40. The maximum atomic E-state index is 6.17. The molecule has 1 spiro atoms. The summed E-state index contributed by atoms with van der Waals surface area (Å²) in [7, 11) is 0. The van der Waals surface area contributed by atoms with Gasteiger partial charge in [0.2, 0.25) is 0 Å². The molecule has 7 aromatic rings. The van der Waals surface area contributed by atoms with E-state index in [1.165, 1.54) is 43.2 Å². The number of hydrogen-bond donors (Lipinski definition) is 1. The molecular formula is C37H23NOS. The van der Waals surface area contributed by atoms with Gasteiger partial charge in [-0.25, -0.2) is 0 Å². The minimum absolute atomic E-state index is 0.379. The summed E-state index contributed by atoms with van der Waals surface area (Å²) in [6.07, 6.45) is 0. The fourth-order valence-electron chi connectivity index (χ4n) is 6.97. The van der Waals surface area contributed by atoms with Crippen molar-refractivity contribution in [2.75, 3.05) is 5.32 Å². The van der Waals surface area contributed by atoms with Crippen LogP contribution in [0.4, 0.5) is 11.4 Å². The van der Waals surface area contributed by atoms with Gasteiger partial charge in [0.15, 0.2) is 0 Å². The van der Waals surface area contributed by atoms with Gasteiger partial charge in [-0.2, -0.15) is 0 Å². The SMILES string of the molecule is c1ccc2c(c1)Sc1ccc(Nc3cccc4oc5ccccc5c34)cc1C21c2ccccc2-c2ccccc21. The van der Waals surface area contributed by atoms with Crippen LogP contribution in [-0.4, -0.2) is 0 Å². The van der Waals surface area contributed by atoms with E-state index >= 15 is 0 Å². The van der Waals surface area contributed by atoms with Crippen LogP contribution in [0.25, 0.3) is 33.1 Å². The third kappa shape index (κ3) is 2.85. The van der Waals surface area contributed by atoms with Gasteiger partial charge in [0, 0.05) is 20.9 Å². The van der Waals surface area contributed by atoms with Crippen molar-refractivity contribution in [1.29, 1.82) is 0 Å². The molecule has 1 aliphatic heterocycles. The molecule has 0 saturated heterocycles. The van der Waals surface area contributed by atoms with Crippen molar-refractivity contribution in [2.45, 2.75) is 15.2 Å². The van der Waals surface area contributed by atoms with Crippen LogP contribution in [0.15, 0.2) is 148 Å². The van der Waals surface area contributed by atoms with E-state index in [0.29, 0.717) is 0 Å². The molecule has 3 heteroatoms. The van der Waals surface area contributed by atoms with Gasteiger partial charge in [-0.3, -0.25) is 0 Å². The third-order valence-corrected chi connectivity index (χ3v) is 9.68. The Morgan fingerprint density at radius 2 is 1.18 bits per heavy atom. The van der Waals surface area contributed by atoms with Crippen molar-refractivity contribution >= 4 is 45.1 Å². The van der Waals surface area contributed by atoms with Crippen LogP contribution >= 0.6 is 11.8 Å². The van der Waals surface area contributed by atoms with Gasteiger partial charge in [-0.05, 0) is 75.8 Å². The van der Waals surface area contributed by atoms with E-state index in [2.05, 4.69) is 121 Å². The largest absolute Gasteiger partial charge is 0.456 e. The average Bonchev–Trinajstić information content (AvgIpc) is 3.53. The first kappa shape index (κ1) is 22.1. The van der Waals surface area contributed by atoms with Crippen molar-refractivity contribution in [2.24, 2.45) is 0 Å². The molecule has 2 nitrogen and oxygen atoms in total. The Hall–Kier alpha value is -4.73. The number of nitrogens with one attached hydrogen (secondary N) is 1. The van der Waals surface area contributed by atoms with Gasteiger partial charge in [0.05, 0.1) is 16.5 Å². The normalized spacial score (nSPS) is 14.1. The second kappa shape index (κ2) is 8.14. The zero-order valence-corrected chi connectivity index (χ0v) is 22.3. The standard InChI is InChI=1S/C37H23NOS/c1-4-13-27-24(10-1)25-11-2-5-14-28(25)37(27)29-15-6-8-19-34(29)40-35-21-20-23(22-30(35)37)38-31-16-9-18-33-36(31)26-12-3-7-17-32(26)39-33/h1-22,38H. The number of rotatable bonds is 2. The lowest BCUT2D eigenvalue weighted by atomic mass is 9.67. The Kier molecular flexibility index (Phi) is 4.50. The molecule has 188 valence electrons. The average molecular weight is 530 g/mol. The highest BCUT2D eigenvalue weighted by Crippen LogP contribution is 2.62. The molecule has 9 rings (SSSR count). The summed E-state index contributed by atoms with van der Waals surface area (Å²) in [5.74, 6) is 0. The summed E-state index contributed by atoms with van der Waals surface area (Å²) in [5.41, 5.74) is 11.6. The number of anilines is 2. The lowest BCUT2D eigenvalue weighted by Crippen LogP contribution is -2.32. The summed E-state index contributed by atoms with van der Waals surface area (Å²) >= 11 is 1.87. The van der Waals surface area contributed by atoms with E-state index < -0.39 is 0 Å². The molecule has 0 amide bonds. The quantitative estimate of drug-likeness (QED) is 0.241. The van der Waals surface area contributed by atoms with Crippen molar-refractivity contribution < 1.29 is 4.42 Å². The summed E-state index contributed by atoms with van der Waals surface area (Å²) in [4.78, 5) is 2.61. The van der Waals surface area contributed by atoms with Crippen LogP contribution in [0.3, 0.4) is 0 Å². The first-order chi connectivity index (χ1) is 19.8. The monoisotopic (exact) mass is 529 g/mol. The molecule has 0 atom stereocenters. The van der Waals surface area contributed by atoms with Crippen LogP contribution in [-0.2, 0) is 5.41 Å². The summed E-state index contributed by atoms with van der Waals surface area (Å²) in [5, 5.41) is 6.02. The van der Waals surface area contributed by atoms with Crippen LogP contribution < -0.4 is 5.32 Å². The highest BCUT2D eigenvalue weighted by Gasteiger charge is 2.50. The third-order valence-electron chi connectivity index (χ3n) is 8.53. The number of para-hydroxylation sites is 1. The van der Waals surface area contributed by atoms with Gasteiger partial charge in [0.25, 0.3) is 0 Å². The summed E-state index contributed by atoms with van der Waals surface area (Å²) in [6.45, 7) is 0. The van der Waals surface area contributed by atoms with Gasteiger partial charge in [-0.1, -0.05) is 103 Å². The molecule has 0 saturated carbocycles. The molecule has 6 aromatic carbocycles. The fraction of sp³-hybridized carbons (Fsp3) is 0.0270. The highest BCUT2D eigenvalue weighted by atomic mass is 32.2. The second-order valence-corrected chi connectivity index (χ2v) is 11.6. The minimum Gasteiger partial charge on any atom is -0.456 e. The van der Waals surface area contributed by atoms with Crippen molar-refractivity contribution in [3.8, 4) is 11.1 Å². The minimum atomic E-state index is -0.379. The molecule has 0 unspecified atom stereocenters. The predicted molar refractivity (Wildman–Crippen MR) is 165 cm³/mol. The number of furan rings is 1. The van der Waals surface area contributed by atoms with Crippen molar-refractivity contribution in [1.82, 2.24) is 0 Å². The van der Waals surface area contributed by atoms with Crippen LogP contribution in [0, 0.1) is 0 Å². The van der Waals surface area contributed by atoms with E-state index in [9.17, 15) is 0 Å². The topological polar surface area (TPSA) is 25.2 Å². The molecule has 0 bridgehead atoms. The zero-order chi connectivity index (χ0) is 26.3. The van der Waals surface area contributed by atoms with Gasteiger partial charge in [0.1, 0.15) is 11.2 Å². The van der Waals surface area contributed by atoms with E-state index in [0.717, 1.165) is 33.3 Å². The van der Waals surface area contributed by atoms with E-state index in [-0.39, 0.29) is 5.41 Å². The van der Waals surface area contributed by atoms with E-state index in [1.54, 1.807) is 0 Å². The first-order valence-electron chi connectivity index (χ1n) is 13.6. The van der Waals surface area contributed by atoms with Gasteiger partial charge in [-0.15, -0.1) is 0 Å². The van der Waals surface area contributed by atoms with Gasteiger partial charge < -0.3 is 9.73 Å². The fourth-order valence-corrected chi connectivity index (χ4v) is 8.14. The molecular weight excluding hydrogens is 506 g/mol. The molecule has 2 heterocycles. The number of benzene rings is 6. The zero-order valence-electron chi connectivity index (χ0n) is 21.5. The Balaban J connectivity index is 1.30. The van der Waals surface area contributed by atoms with Gasteiger partial charge >= 0.3 is 0 Å². The molecule has 0 radical (unpaired) electrons. The summed E-state index contributed by atoms with van der Waals surface area (Å²) < 4.78 is 6.17. The molecule has 1 N–H and O–H groups in total. The van der Waals surface area contributed by atoms with Crippen LogP contribution in [0.2, 0.25) is 0 Å². The smallest absolute Gasteiger partial charge is 0.137 e. The van der Waals surface area contributed by atoms with Crippen LogP contribution in [0.5, 0.6) is 0 Å². The molecule has 1 aromatic heterocycles.